The van der Waals surface area contributed by atoms with Gasteiger partial charge in [0, 0.05) is 6.54 Å². The van der Waals surface area contributed by atoms with Crippen LogP contribution in [0.5, 0.6) is 0 Å². The van der Waals surface area contributed by atoms with Gasteiger partial charge < -0.3 is 15.6 Å². The fourth-order valence-electron chi connectivity index (χ4n) is 1.29. The molecule has 4 nitrogen and oxygen atoms in total. The Labute approximate surface area is 78.8 Å². The van der Waals surface area contributed by atoms with Gasteiger partial charge >= 0.3 is 0 Å². The van der Waals surface area contributed by atoms with E-state index >= 15 is 0 Å². The fraction of sp³-hybridized carbons (Fsp3) is 0.778. The summed E-state index contributed by atoms with van der Waals surface area (Å²) in [5, 5.41) is 19.9. The topological polar surface area (TPSA) is 55.7 Å². The van der Waals surface area contributed by atoms with Crippen LogP contribution in [-0.4, -0.2) is 40.0 Å². The maximum absolute atomic E-state index is 9.27. The minimum absolute atomic E-state index is 0.101. The number of aliphatic hydroxyl groups is 2. The molecule has 3 N–H and O–H groups in total. The van der Waals surface area contributed by atoms with Crippen LogP contribution in [0.2, 0.25) is 0 Å². The molecule has 0 bridgehead atoms. The van der Waals surface area contributed by atoms with Crippen LogP contribution in [-0.2, 0) is 0 Å². The molecule has 1 aliphatic heterocycles. The molecule has 0 aromatic carbocycles. The molecule has 13 heavy (non-hydrogen) atoms. The van der Waals surface area contributed by atoms with E-state index in [-0.39, 0.29) is 12.1 Å². The maximum Gasteiger partial charge on any atom is 0.0916 e. The molecule has 2 atom stereocenters. The van der Waals surface area contributed by atoms with Gasteiger partial charge in [-0.3, -0.25) is 0 Å². The van der Waals surface area contributed by atoms with Gasteiger partial charge in [-0.25, -0.2) is 5.01 Å². The van der Waals surface area contributed by atoms with Crippen molar-refractivity contribution in [2.45, 2.75) is 31.9 Å². The van der Waals surface area contributed by atoms with Crippen molar-refractivity contribution in [2.24, 2.45) is 0 Å². The van der Waals surface area contributed by atoms with Crippen molar-refractivity contribution >= 4 is 0 Å². The lowest BCUT2D eigenvalue weighted by molar-refractivity contribution is 0.0179. The average molecular weight is 185 g/mol. The zero-order valence-corrected chi connectivity index (χ0v) is 8.12. The SMILES string of the molecule is CCC1(C)C=[C]NN1C[C@@H](O)CO. The Hall–Kier alpha value is -0.580. The summed E-state index contributed by atoms with van der Waals surface area (Å²) in [7, 11) is 0. The molecule has 0 aromatic rings. The van der Waals surface area contributed by atoms with Crippen molar-refractivity contribution in [2.75, 3.05) is 13.2 Å². The Morgan fingerprint density at radius 1 is 1.69 bits per heavy atom. The Kier molecular flexibility index (Phi) is 3.30. The second-order valence-corrected chi connectivity index (χ2v) is 3.56. The highest BCUT2D eigenvalue weighted by Crippen LogP contribution is 2.22. The highest BCUT2D eigenvalue weighted by Gasteiger charge is 2.32. The lowest BCUT2D eigenvalue weighted by Gasteiger charge is -2.34. The van der Waals surface area contributed by atoms with Crippen LogP contribution < -0.4 is 5.43 Å². The molecule has 0 aliphatic carbocycles. The Morgan fingerprint density at radius 2 is 2.38 bits per heavy atom. The number of β-amino-alcohol motifs (C(OH)–C–C–N with tert-alkyl or cyclic N) is 1. The first-order chi connectivity index (χ1) is 6.12. The smallest absolute Gasteiger partial charge is 0.0916 e. The van der Waals surface area contributed by atoms with E-state index < -0.39 is 6.10 Å². The third kappa shape index (κ3) is 2.21. The second kappa shape index (κ2) is 4.09. The van der Waals surface area contributed by atoms with Crippen molar-refractivity contribution in [1.82, 2.24) is 10.4 Å². The molecule has 1 aliphatic rings. The third-order valence-electron chi connectivity index (χ3n) is 2.52. The van der Waals surface area contributed by atoms with E-state index in [1.54, 1.807) is 0 Å². The van der Waals surface area contributed by atoms with Crippen LogP contribution in [0.3, 0.4) is 0 Å². The van der Waals surface area contributed by atoms with Crippen LogP contribution >= 0.6 is 0 Å². The molecule has 0 saturated carbocycles. The monoisotopic (exact) mass is 185 g/mol. The highest BCUT2D eigenvalue weighted by molar-refractivity contribution is 5.05. The Morgan fingerprint density at radius 3 is 2.92 bits per heavy atom. The van der Waals surface area contributed by atoms with E-state index in [4.69, 9.17) is 5.11 Å². The molecular weight excluding hydrogens is 168 g/mol. The summed E-state index contributed by atoms with van der Waals surface area (Å²) in [6.07, 6.45) is 5.08. The van der Waals surface area contributed by atoms with Gasteiger partial charge in [0.2, 0.25) is 0 Å². The van der Waals surface area contributed by atoms with Gasteiger partial charge in [0.25, 0.3) is 0 Å². The highest BCUT2D eigenvalue weighted by atomic mass is 16.3. The number of hydrogen-bond donors (Lipinski definition) is 3. The average Bonchev–Trinajstić information content (AvgIpc) is 2.49. The fourth-order valence-corrected chi connectivity index (χ4v) is 1.29. The summed E-state index contributed by atoms with van der Waals surface area (Å²) in [4.78, 5) is 0. The molecular formula is C9H17N2O2. The van der Waals surface area contributed by atoms with E-state index in [1.165, 1.54) is 0 Å². The summed E-state index contributed by atoms with van der Waals surface area (Å²) in [5.74, 6) is 0. The molecule has 0 fully saturated rings. The van der Waals surface area contributed by atoms with E-state index in [0.29, 0.717) is 6.54 Å². The molecule has 1 rings (SSSR count). The van der Waals surface area contributed by atoms with E-state index in [9.17, 15) is 5.11 Å². The molecule has 1 radical (unpaired) electrons. The number of aliphatic hydroxyl groups excluding tert-OH is 2. The Bertz CT molecular complexity index is 196. The van der Waals surface area contributed by atoms with Crippen molar-refractivity contribution in [3.8, 4) is 0 Å². The van der Waals surface area contributed by atoms with Crippen molar-refractivity contribution in [1.29, 1.82) is 0 Å². The van der Waals surface area contributed by atoms with E-state index in [2.05, 4.69) is 25.5 Å². The summed E-state index contributed by atoms with van der Waals surface area (Å²) < 4.78 is 0. The van der Waals surface area contributed by atoms with Crippen molar-refractivity contribution in [3.63, 3.8) is 0 Å². The van der Waals surface area contributed by atoms with E-state index in [1.807, 2.05) is 11.1 Å². The standard InChI is InChI=1S/C9H17N2O2/c1-3-9(2)4-5-10-11(9)6-8(13)7-12/h4,8,10,12-13H,3,6-7H2,1-2H3/t8-,9?/m1/s1. The van der Waals surface area contributed by atoms with E-state index in [0.717, 1.165) is 6.42 Å². The van der Waals surface area contributed by atoms with Crippen molar-refractivity contribution < 1.29 is 10.2 Å². The molecule has 0 spiro atoms. The summed E-state index contributed by atoms with van der Waals surface area (Å²) in [5.41, 5.74) is 2.82. The van der Waals surface area contributed by atoms with Crippen LogP contribution in [0.25, 0.3) is 0 Å². The largest absolute Gasteiger partial charge is 0.394 e. The van der Waals surface area contributed by atoms with Crippen LogP contribution in [0.1, 0.15) is 20.3 Å². The zero-order valence-electron chi connectivity index (χ0n) is 8.12. The van der Waals surface area contributed by atoms with Gasteiger partial charge in [-0.05, 0) is 19.4 Å². The quantitative estimate of drug-likeness (QED) is 0.560. The van der Waals surface area contributed by atoms with Gasteiger partial charge in [-0.2, -0.15) is 0 Å². The molecule has 1 heterocycles. The lowest BCUT2D eigenvalue weighted by atomic mass is 9.99. The van der Waals surface area contributed by atoms with Gasteiger partial charge in [0.05, 0.1) is 24.4 Å². The van der Waals surface area contributed by atoms with Gasteiger partial charge in [0.15, 0.2) is 0 Å². The first-order valence-electron chi connectivity index (χ1n) is 4.54. The molecule has 0 aromatic heterocycles. The molecule has 1 unspecified atom stereocenters. The number of hydrazine groups is 1. The van der Waals surface area contributed by atoms with Crippen LogP contribution in [0.15, 0.2) is 6.08 Å². The summed E-state index contributed by atoms with van der Waals surface area (Å²) >= 11 is 0. The number of nitrogens with one attached hydrogen (secondary N) is 1. The lowest BCUT2D eigenvalue weighted by Crippen LogP contribution is -2.50. The predicted octanol–water partition coefficient (Wildman–Crippen LogP) is -0.355. The van der Waals surface area contributed by atoms with Crippen LogP contribution in [0.4, 0.5) is 0 Å². The van der Waals surface area contributed by atoms with Gasteiger partial charge in [0.1, 0.15) is 0 Å². The zero-order chi connectivity index (χ0) is 9.90. The van der Waals surface area contributed by atoms with Gasteiger partial charge in [-0.1, -0.05) is 6.92 Å². The summed E-state index contributed by atoms with van der Waals surface area (Å²) in [6.45, 7) is 4.33. The maximum atomic E-state index is 9.27. The molecule has 0 saturated heterocycles. The minimum Gasteiger partial charge on any atom is -0.394 e. The predicted molar refractivity (Wildman–Crippen MR) is 49.4 cm³/mol. The first-order valence-corrected chi connectivity index (χ1v) is 4.54. The number of rotatable bonds is 4. The van der Waals surface area contributed by atoms with Crippen molar-refractivity contribution in [3.05, 3.63) is 12.3 Å². The first kappa shape index (κ1) is 10.5. The normalized spacial score (nSPS) is 30.5. The number of hydrogen-bond acceptors (Lipinski definition) is 4. The third-order valence-corrected chi connectivity index (χ3v) is 2.52. The second-order valence-electron chi connectivity index (χ2n) is 3.56. The molecule has 4 heteroatoms. The van der Waals surface area contributed by atoms with Gasteiger partial charge in [-0.15, -0.1) is 0 Å². The Balaban J connectivity index is 2.52. The van der Waals surface area contributed by atoms with Crippen LogP contribution in [0, 0.1) is 6.20 Å². The molecule has 75 valence electrons. The number of nitrogens with zero attached hydrogens (tertiary/aromatic N) is 1. The minimum atomic E-state index is -0.702. The summed E-state index contributed by atoms with van der Waals surface area (Å²) in [6, 6.07) is 0. The molecule has 0 amide bonds.